The van der Waals surface area contributed by atoms with Crippen LogP contribution >= 0.6 is 11.6 Å². The second-order valence-electron chi connectivity index (χ2n) is 24.7. The highest BCUT2D eigenvalue weighted by Crippen LogP contribution is 2.48. The predicted molar refractivity (Wildman–Crippen MR) is 329 cm³/mol. The summed E-state index contributed by atoms with van der Waals surface area (Å²) in [6, 6.07) is 3.18. The van der Waals surface area contributed by atoms with E-state index >= 15 is 8.78 Å². The van der Waals surface area contributed by atoms with Crippen LogP contribution in [0.4, 0.5) is 43.2 Å². The summed E-state index contributed by atoms with van der Waals surface area (Å²) in [7, 11) is 3.36. The molecule has 5 aliphatic heterocycles. The van der Waals surface area contributed by atoms with Gasteiger partial charge in [-0.25, -0.2) is 33.1 Å². The molecule has 0 unspecified atom stereocenters. The summed E-state index contributed by atoms with van der Waals surface area (Å²) in [5, 5.41) is 12.8. The first kappa shape index (κ1) is 64.3. The van der Waals surface area contributed by atoms with Gasteiger partial charge in [0.05, 0.1) is 62.9 Å². The number of likely N-dealkylation sites (tertiary alicyclic amines) is 2. The topological polar surface area (TPSA) is 270 Å². The van der Waals surface area contributed by atoms with Crippen LogP contribution in [-0.2, 0) is 59.9 Å². The fourth-order valence-electron chi connectivity index (χ4n) is 14.2. The van der Waals surface area contributed by atoms with E-state index in [1.807, 2.05) is 7.05 Å². The molecule has 3 fully saturated rings. The van der Waals surface area contributed by atoms with Crippen LogP contribution in [0.1, 0.15) is 103 Å². The molecule has 4 N–H and O–H groups in total. The number of hydrogen-bond donors (Lipinski definition) is 3. The number of carbonyl (C=O) groups is 5. The molecule has 23 nitrogen and oxygen atoms in total. The number of esters is 1. The van der Waals surface area contributed by atoms with Gasteiger partial charge in [0.15, 0.2) is 5.82 Å². The standard InChI is InChI=1S/C64H68ClF5N12O11/c1-8-63(40-21-45-53-38(25-82(45)58(86)39(40)29-90-59(63)87)49-43(72-47(84)26-83)14-13-36-33(5)42(66)22-44(73-53)48(36)49)93-61(88)78(7)24-34-11-10-16-81(34)62(89)92-27-31(3)57(85)79-17-18-80(32(4)23-79)56-37-20-41(65)50(55-51(64(68,69)70)30(2)19-46(71)74-55)52(67)54(37)75-60(76-56)91-28-35-12-9-15-77(35)6/h19-22,32,34-35,43,83H,3,8-18,23-29H2,1-2,4-7H3,(H2,71,74)(H,72,84)/t32-,34-,35-,43-,63-/m0/s1. The molecular formula is C64H68ClF5N12O11. The van der Waals surface area contributed by atoms with Crippen molar-refractivity contribution in [3.63, 3.8) is 0 Å². The zero-order valence-corrected chi connectivity index (χ0v) is 52.7. The van der Waals surface area contributed by atoms with Crippen molar-refractivity contribution in [1.29, 1.82) is 0 Å². The Bertz CT molecular complexity index is 4230. The molecular weight excluding hydrogens is 1240 g/mol. The number of nitrogens with one attached hydrogen (secondary N) is 1. The highest BCUT2D eigenvalue weighted by Gasteiger charge is 2.52. The van der Waals surface area contributed by atoms with Crippen molar-refractivity contribution in [1.82, 2.24) is 49.4 Å². The van der Waals surface area contributed by atoms with Crippen molar-refractivity contribution in [3.8, 4) is 28.7 Å². The number of nitrogens with zero attached hydrogens (tertiary/aromatic N) is 10. The number of aromatic nitrogens is 5. The summed E-state index contributed by atoms with van der Waals surface area (Å²) >= 11 is 6.72. The normalized spacial score (nSPS) is 21.0. The Morgan fingerprint density at radius 1 is 0.968 bits per heavy atom. The smallest absolute Gasteiger partial charge is 0.418 e. The summed E-state index contributed by atoms with van der Waals surface area (Å²) < 4.78 is 101. The lowest BCUT2D eigenvalue weighted by atomic mass is 9.81. The number of halogens is 6. The quantitative estimate of drug-likeness (QED) is 0.0406. The summed E-state index contributed by atoms with van der Waals surface area (Å²) in [4.78, 5) is 109. The number of ether oxygens (including phenoxy) is 4. The Kier molecular flexibility index (Phi) is 17.0. The summed E-state index contributed by atoms with van der Waals surface area (Å²) in [5.74, 6) is -3.90. The van der Waals surface area contributed by atoms with E-state index in [1.54, 1.807) is 31.7 Å². The second-order valence-corrected chi connectivity index (χ2v) is 25.1. The van der Waals surface area contributed by atoms with Gasteiger partial charge >= 0.3 is 30.3 Å². The van der Waals surface area contributed by atoms with Crippen LogP contribution in [-0.4, -0.2) is 170 Å². The van der Waals surface area contributed by atoms with Gasteiger partial charge in [-0.05, 0) is 120 Å². The Morgan fingerprint density at radius 3 is 2.43 bits per heavy atom. The Hall–Kier alpha value is -8.76. The van der Waals surface area contributed by atoms with E-state index in [4.69, 9.17) is 46.3 Å². The van der Waals surface area contributed by atoms with Gasteiger partial charge in [-0.2, -0.15) is 23.1 Å². The van der Waals surface area contributed by atoms with Gasteiger partial charge in [-0.15, -0.1) is 0 Å². The van der Waals surface area contributed by atoms with Crippen LogP contribution in [0, 0.1) is 25.5 Å². The molecule has 5 atom stereocenters. The third kappa shape index (κ3) is 11.3. The van der Waals surface area contributed by atoms with E-state index in [-0.39, 0.29) is 120 Å². The van der Waals surface area contributed by atoms with Crippen molar-refractivity contribution < 1.29 is 70.0 Å². The molecule has 29 heteroatoms. The highest BCUT2D eigenvalue weighted by molar-refractivity contribution is 6.34. The fraction of sp³-hybridized carbons (Fsp3) is 0.469. The summed E-state index contributed by atoms with van der Waals surface area (Å²) in [6.45, 7) is 9.86. The lowest BCUT2D eigenvalue weighted by molar-refractivity contribution is -0.173. The molecule has 492 valence electrons. The van der Waals surface area contributed by atoms with Crippen LogP contribution in [0.15, 0.2) is 41.2 Å². The number of anilines is 2. The Morgan fingerprint density at radius 2 is 1.72 bits per heavy atom. The molecule has 4 aromatic heterocycles. The molecule has 12 rings (SSSR count). The molecule has 9 heterocycles. The molecule has 6 aliphatic rings. The van der Waals surface area contributed by atoms with Gasteiger partial charge in [0.2, 0.25) is 11.5 Å². The lowest BCUT2D eigenvalue weighted by Crippen LogP contribution is -2.54. The van der Waals surface area contributed by atoms with Crippen LogP contribution in [0.5, 0.6) is 6.01 Å². The number of hydrogen-bond acceptors (Lipinski definition) is 18. The van der Waals surface area contributed by atoms with Gasteiger partial charge in [0.1, 0.15) is 49.4 Å². The van der Waals surface area contributed by atoms with Gasteiger partial charge in [-0.1, -0.05) is 25.1 Å². The fourth-order valence-corrected chi connectivity index (χ4v) is 14.5. The average Bonchev–Trinajstić information content (AvgIpc) is 1.63. The number of nitrogen functional groups attached to an aromatic ring is 1. The number of piperazine rings is 1. The van der Waals surface area contributed by atoms with E-state index in [2.05, 4.69) is 26.8 Å². The number of aryl methyl sites for hydroxylation is 2. The largest absolute Gasteiger partial charge is 0.462 e. The van der Waals surface area contributed by atoms with E-state index < -0.39 is 119 Å². The van der Waals surface area contributed by atoms with Crippen molar-refractivity contribution in [2.45, 2.75) is 122 Å². The Balaban J connectivity index is 0.721. The number of aliphatic hydroxyl groups is 1. The van der Waals surface area contributed by atoms with Crippen LogP contribution in [0.25, 0.3) is 44.5 Å². The minimum absolute atomic E-state index is 0.00886. The third-order valence-electron chi connectivity index (χ3n) is 19.0. The zero-order valence-electron chi connectivity index (χ0n) is 51.9. The number of carbonyl (C=O) groups excluding carboxylic acids is 5. The zero-order chi connectivity index (χ0) is 66.4. The van der Waals surface area contributed by atoms with Crippen LogP contribution < -0.4 is 26.2 Å². The van der Waals surface area contributed by atoms with Gasteiger partial charge < -0.3 is 64.2 Å². The molecule has 0 bridgehead atoms. The number of cyclic esters (lactones) is 1. The maximum absolute atomic E-state index is 17.1. The second kappa shape index (κ2) is 24.6. The van der Waals surface area contributed by atoms with E-state index in [1.165, 1.54) is 45.4 Å². The number of alkyl halides is 3. The number of nitrogens with two attached hydrogens (primary N) is 1. The Labute approximate surface area is 534 Å². The highest BCUT2D eigenvalue weighted by atomic mass is 35.5. The van der Waals surface area contributed by atoms with Gasteiger partial charge in [0, 0.05) is 85.4 Å². The van der Waals surface area contributed by atoms with Gasteiger partial charge in [-0.3, -0.25) is 14.4 Å². The third-order valence-corrected chi connectivity index (χ3v) is 19.3. The molecule has 3 saturated heterocycles. The van der Waals surface area contributed by atoms with Crippen molar-refractivity contribution in [3.05, 3.63) is 108 Å². The molecule has 93 heavy (non-hydrogen) atoms. The number of rotatable bonds is 14. The van der Waals surface area contributed by atoms with E-state index in [9.17, 15) is 47.0 Å². The van der Waals surface area contributed by atoms with Crippen LogP contribution in [0.3, 0.4) is 0 Å². The molecule has 6 aromatic rings. The number of pyridine rings is 3. The SMILES string of the molecule is C=C(COC(=O)N1CCC[C@H]1CN(C)C(=O)O[C@]1(CC)C(=O)OCc2c1cc1n(c2=O)Cc2c-1nc1cc(F)c(C)c3c1c2[C@@H](NC(=O)CO)CC3)C(=O)N1CCN(c2nc(OC[C@@H]3CCCN3C)nc3c(F)c(-c4nc(N)cc(C)c4C(F)(F)F)c(Cl)cc23)[C@@H](C)C1. The van der Waals surface area contributed by atoms with Crippen molar-refractivity contribution in [2.75, 3.05) is 83.8 Å². The number of amides is 4. The number of likely N-dealkylation sites (N-methyl/N-ethyl adjacent to an activating group) is 2. The minimum atomic E-state index is -4.96. The molecule has 0 radical (unpaired) electrons. The number of benzene rings is 2. The maximum atomic E-state index is 17.1. The number of fused-ring (bicyclic) bond motifs is 6. The van der Waals surface area contributed by atoms with Crippen molar-refractivity contribution in [2.24, 2.45) is 0 Å². The summed E-state index contributed by atoms with van der Waals surface area (Å²) in [5.41, 5.74) is 3.22. The predicted octanol–water partition coefficient (Wildman–Crippen LogP) is 7.77. The number of aliphatic hydroxyl groups excluding tert-OH is 1. The molecule has 2 aromatic carbocycles. The average molecular weight is 1310 g/mol. The first-order chi connectivity index (χ1) is 44.2. The molecule has 1 aliphatic carbocycles. The first-order valence-electron chi connectivity index (χ1n) is 30.7. The molecule has 0 saturated carbocycles. The monoisotopic (exact) mass is 1310 g/mol. The van der Waals surface area contributed by atoms with Crippen molar-refractivity contribution >= 4 is 75.0 Å². The maximum Gasteiger partial charge on any atom is 0.418 e. The van der Waals surface area contributed by atoms with E-state index in [0.29, 0.717) is 53.5 Å². The van der Waals surface area contributed by atoms with Crippen LogP contribution in [0.2, 0.25) is 5.02 Å². The van der Waals surface area contributed by atoms with Gasteiger partial charge in [0.25, 0.3) is 11.5 Å². The minimum Gasteiger partial charge on any atom is -0.462 e. The summed E-state index contributed by atoms with van der Waals surface area (Å²) in [6.07, 6.45) is -3.39. The lowest BCUT2D eigenvalue weighted by Gasteiger charge is -2.41. The molecule has 0 spiro atoms. The molecule has 4 amide bonds. The first-order valence-corrected chi connectivity index (χ1v) is 31.1. The van der Waals surface area contributed by atoms with E-state index in [0.717, 1.165) is 31.0 Å².